The Bertz CT molecular complexity index is 528. The van der Waals surface area contributed by atoms with E-state index < -0.39 is 11.7 Å². The van der Waals surface area contributed by atoms with Crippen molar-refractivity contribution in [1.29, 1.82) is 0 Å². The number of anilines is 1. The van der Waals surface area contributed by atoms with Gasteiger partial charge in [-0.3, -0.25) is 0 Å². The van der Waals surface area contributed by atoms with E-state index in [0.29, 0.717) is 11.6 Å². The average molecular weight is 287 g/mol. The molecule has 1 heterocycles. The summed E-state index contributed by atoms with van der Waals surface area (Å²) in [6.07, 6.45) is -3.49. The van der Waals surface area contributed by atoms with Gasteiger partial charge in [-0.1, -0.05) is 12.1 Å². The standard InChI is InChI=1S/C13H16F3N3O/c1-8-4-5-19(7-8)11-3-2-9(13(14,15)16)6-10(11)12(17)18-20/h2-3,6,8,20H,4-5,7H2,1H3,(H2,17,18). The Labute approximate surface area is 114 Å². The molecule has 0 radical (unpaired) electrons. The number of benzene rings is 1. The van der Waals surface area contributed by atoms with Crippen LogP contribution in [0.3, 0.4) is 0 Å². The molecule has 0 amide bonds. The molecule has 0 bridgehead atoms. The zero-order chi connectivity index (χ0) is 14.9. The topological polar surface area (TPSA) is 61.8 Å². The van der Waals surface area contributed by atoms with Crippen molar-refractivity contribution in [3.8, 4) is 0 Å². The normalized spacial score (nSPS) is 20.5. The Balaban J connectivity index is 2.46. The van der Waals surface area contributed by atoms with Crippen molar-refractivity contribution in [3.05, 3.63) is 29.3 Å². The Hall–Kier alpha value is -1.92. The molecule has 0 aliphatic carbocycles. The largest absolute Gasteiger partial charge is 0.416 e. The Morgan fingerprint density at radius 2 is 2.15 bits per heavy atom. The third-order valence-corrected chi connectivity index (χ3v) is 3.47. The molecular weight excluding hydrogens is 271 g/mol. The van der Waals surface area contributed by atoms with Crippen LogP contribution in [0.15, 0.2) is 23.4 Å². The highest BCUT2D eigenvalue weighted by Gasteiger charge is 2.32. The van der Waals surface area contributed by atoms with Gasteiger partial charge in [0.25, 0.3) is 0 Å². The number of amidine groups is 1. The molecule has 1 aromatic carbocycles. The zero-order valence-electron chi connectivity index (χ0n) is 11.0. The fraction of sp³-hybridized carbons (Fsp3) is 0.462. The van der Waals surface area contributed by atoms with Crippen molar-refractivity contribution < 1.29 is 18.4 Å². The minimum Gasteiger partial charge on any atom is -0.409 e. The first-order chi connectivity index (χ1) is 9.32. The van der Waals surface area contributed by atoms with Crippen LogP contribution in [0.1, 0.15) is 24.5 Å². The lowest BCUT2D eigenvalue weighted by atomic mass is 10.1. The fourth-order valence-corrected chi connectivity index (χ4v) is 2.40. The Morgan fingerprint density at radius 3 is 2.65 bits per heavy atom. The lowest BCUT2D eigenvalue weighted by molar-refractivity contribution is -0.137. The summed E-state index contributed by atoms with van der Waals surface area (Å²) in [6.45, 7) is 3.57. The maximum atomic E-state index is 12.7. The van der Waals surface area contributed by atoms with Gasteiger partial charge >= 0.3 is 6.18 Å². The van der Waals surface area contributed by atoms with Crippen LogP contribution in [0.5, 0.6) is 0 Å². The molecule has 0 aromatic heterocycles. The maximum absolute atomic E-state index is 12.7. The van der Waals surface area contributed by atoms with Gasteiger partial charge in [0.05, 0.1) is 5.56 Å². The average Bonchev–Trinajstić information content (AvgIpc) is 2.82. The molecule has 0 saturated carbocycles. The maximum Gasteiger partial charge on any atom is 0.416 e. The second kappa shape index (κ2) is 5.22. The quantitative estimate of drug-likeness (QED) is 0.380. The van der Waals surface area contributed by atoms with E-state index in [2.05, 4.69) is 12.1 Å². The van der Waals surface area contributed by atoms with E-state index in [4.69, 9.17) is 10.9 Å². The Kier molecular flexibility index (Phi) is 3.78. The van der Waals surface area contributed by atoms with Gasteiger partial charge < -0.3 is 15.8 Å². The van der Waals surface area contributed by atoms with Crippen molar-refractivity contribution >= 4 is 11.5 Å². The number of halogens is 3. The van der Waals surface area contributed by atoms with Crippen LogP contribution in [-0.4, -0.2) is 24.1 Å². The van der Waals surface area contributed by atoms with Gasteiger partial charge in [-0.25, -0.2) is 0 Å². The van der Waals surface area contributed by atoms with Crippen molar-refractivity contribution in [1.82, 2.24) is 0 Å². The molecular formula is C13H16F3N3O. The van der Waals surface area contributed by atoms with E-state index in [-0.39, 0.29) is 11.4 Å². The number of rotatable bonds is 2. The predicted octanol–water partition coefficient (Wildman–Crippen LogP) is 2.65. The molecule has 1 aliphatic rings. The molecule has 1 aromatic rings. The minimum absolute atomic E-state index is 0.108. The highest BCUT2D eigenvalue weighted by atomic mass is 19.4. The smallest absolute Gasteiger partial charge is 0.409 e. The van der Waals surface area contributed by atoms with E-state index in [9.17, 15) is 13.2 Å². The zero-order valence-corrected chi connectivity index (χ0v) is 11.0. The number of alkyl halides is 3. The molecule has 1 saturated heterocycles. The summed E-state index contributed by atoms with van der Waals surface area (Å²) in [6, 6.07) is 3.33. The molecule has 1 fully saturated rings. The summed E-state index contributed by atoms with van der Waals surface area (Å²) in [7, 11) is 0. The molecule has 2 rings (SSSR count). The first-order valence-electron chi connectivity index (χ1n) is 6.27. The van der Waals surface area contributed by atoms with Gasteiger partial charge in [0.2, 0.25) is 0 Å². The summed E-state index contributed by atoms with van der Waals surface area (Å²) in [4.78, 5) is 1.96. The highest BCUT2D eigenvalue weighted by Crippen LogP contribution is 2.34. The number of oxime groups is 1. The van der Waals surface area contributed by atoms with Crippen LogP contribution in [0, 0.1) is 5.92 Å². The molecule has 3 N–H and O–H groups in total. The van der Waals surface area contributed by atoms with E-state index in [1.54, 1.807) is 0 Å². The second-order valence-electron chi connectivity index (χ2n) is 5.05. The van der Waals surface area contributed by atoms with Crippen molar-refractivity contribution in [2.75, 3.05) is 18.0 Å². The van der Waals surface area contributed by atoms with Gasteiger partial charge in [-0.2, -0.15) is 13.2 Å². The van der Waals surface area contributed by atoms with Gasteiger partial charge in [-0.05, 0) is 30.5 Å². The van der Waals surface area contributed by atoms with Crippen LogP contribution < -0.4 is 10.6 Å². The summed E-state index contributed by atoms with van der Waals surface area (Å²) in [5, 5.41) is 11.6. The minimum atomic E-state index is -4.46. The lowest BCUT2D eigenvalue weighted by Gasteiger charge is -2.22. The SMILES string of the molecule is CC1CCN(c2ccc(C(F)(F)F)cc2C(N)=NO)C1. The van der Waals surface area contributed by atoms with E-state index in [1.807, 2.05) is 4.90 Å². The van der Waals surface area contributed by atoms with E-state index in [0.717, 1.165) is 31.6 Å². The first-order valence-corrected chi connectivity index (χ1v) is 6.27. The van der Waals surface area contributed by atoms with Crippen LogP contribution in [0.25, 0.3) is 0 Å². The predicted molar refractivity (Wildman–Crippen MR) is 69.9 cm³/mol. The first kappa shape index (κ1) is 14.5. The number of hydrogen-bond donors (Lipinski definition) is 2. The van der Waals surface area contributed by atoms with Gasteiger partial charge in [0.1, 0.15) is 0 Å². The van der Waals surface area contributed by atoms with Crippen molar-refractivity contribution in [2.24, 2.45) is 16.8 Å². The van der Waals surface area contributed by atoms with Gasteiger partial charge in [0.15, 0.2) is 5.84 Å². The summed E-state index contributed by atoms with van der Waals surface area (Å²) < 4.78 is 38.2. The molecule has 0 spiro atoms. The third kappa shape index (κ3) is 2.81. The summed E-state index contributed by atoms with van der Waals surface area (Å²) in [5.74, 6) is 0.156. The number of nitrogens with two attached hydrogens (primary N) is 1. The third-order valence-electron chi connectivity index (χ3n) is 3.47. The van der Waals surface area contributed by atoms with Crippen LogP contribution in [0.2, 0.25) is 0 Å². The van der Waals surface area contributed by atoms with Gasteiger partial charge in [0, 0.05) is 24.3 Å². The fourth-order valence-electron chi connectivity index (χ4n) is 2.40. The molecule has 20 heavy (non-hydrogen) atoms. The molecule has 7 heteroatoms. The monoisotopic (exact) mass is 287 g/mol. The molecule has 4 nitrogen and oxygen atoms in total. The van der Waals surface area contributed by atoms with Crippen molar-refractivity contribution in [3.63, 3.8) is 0 Å². The summed E-state index contributed by atoms with van der Waals surface area (Å²) in [5.41, 5.74) is 5.38. The molecule has 1 unspecified atom stereocenters. The molecule has 1 aliphatic heterocycles. The summed E-state index contributed by atoms with van der Waals surface area (Å²) >= 11 is 0. The Morgan fingerprint density at radius 1 is 1.45 bits per heavy atom. The van der Waals surface area contributed by atoms with E-state index >= 15 is 0 Å². The second-order valence-corrected chi connectivity index (χ2v) is 5.05. The van der Waals surface area contributed by atoms with E-state index in [1.165, 1.54) is 6.07 Å². The highest BCUT2D eigenvalue weighted by molar-refractivity contribution is 6.02. The number of hydrogen-bond acceptors (Lipinski definition) is 3. The van der Waals surface area contributed by atoms with Crippen LogP contribution in [-0.2, 0) is 6.18 Å². The molecule has 1 atom stereocenters. The van der Waals surface area contributed by atoms with Crippen LogP contribution >= 0.6 is 0 Å². The van der Waals surface area contributed by atoms with Gasteiger partial charge in [-0.15, -0.1) is 0 Å². The molecule has 110 valence electrons. The van der Waals surface area contributed by atoms with Crippen molar-refractivity contribution in [2.45, 2.75) is 19.5 Å². The lowest BCUT2D eigenvalue weighted by Crippen LogP contribution is -2.25. The number of nitrogens with zero attached hydrogens (tertiary/aromatic N) is 2. The van der Waals surface area contributed by atoms with Crippen LogP contribution in [0.4, 0.5) is 18.9 Å².